The van der Waals surface area contributed by atoms with Gasteiger partial charge in [-0.1, -0.05) is 0 Å². The van der Waals surface area contributed by atoms with Crippen molar-refractivity contribution in [3.05, 3.63) is 0 Å². The van der Waals surface area contributed by atoms with E-state index in [0.717, 1.165) is 19.4 Å². The maximum atomic E-state index is 10.8. The van der Waals surface area contributed by atoms with Gasteiger partial charge in [-0.2, -0.15) is 0 Å². The van der Waals surface area contributed by atoms with Gasteiger partial charge in [0.15, 0.2) is 0 Å². The summed E-state index contributed by atoms with van der Waals surface area (Å²) in [7, 11) is 0. The van der Waals surface area contributed by atoms with Crippen molar-refractivity contribution in [2.24, 2.45) is 0 Å². The minimum atomic E-state index is 0. The monoisotopic (exact) mass is 328 g/mol. The van der Waals surface area contributed by atoms with Gasteiger partial charge < -0.3 is 17.0 Å². The van der Waals surface area contributed by atoms with E-state index in [9.17, 15) is 4.79 Å². The Balaban J connectivity index is 0. The van der Waals surface area contributed by atoms with E-state index in [0.29, 0.717) is 12.5 Å². The predicted molar refractivity (Wildman–Crippen MR) is 54.0 cm³/mol. The number of ether oxygens (including phenoxy) is 1. The third kappa shape index (κ3) is 12.7. The Hall–Kier alpha value is 0.733. The van der Waals surface area contributed by atoms with Gasteiger partial charge in [0.1, 0.15) is 0 Å². The quantitative estimate of drug-likeness (QED) is 0.436. The molecule has 0 heterocycles. The van der Waals surface area contributed by atoms with Crippen molar-refractivity contribution in [3.63, 3.8) is 0 Å². The number of carbonyl (C=O) groups is 1. The summed E-state index contributed by atoms with van der Waals surface area (Å²) in [4.78, 5) is 10.8. The summed E-state index contributed by atoms with van der Waals surface area (Å²) >= 11 is 1.40. The number of halogens is 1. The summed E-state index contributed by atoms with van der Waals surface area (Å²) in [6, 6.07) is 0. The van der Waals surface area contributed by atoms with Crippen molar-refractivity contribution in [3.8, 4) is 0 Å². The molecule has 0 saturated heterocycles. The zero-order valence-electron chi connectivity index (χ0n) is 9.93. The van der Waals surface area contributed by atoms with Gasteiger partial charge in [0.25, 0.3) is 0 Å². The van der Waals surface area contributed by atoms with Crippen molar-refractivity contribution >= 4 is 5.78 Å². The molecule has 0 aliphatic carbocycles. The Labute approximate surface area is 114 Å². The molecule has 0 fully saturated rings. The molecule has 0 saturated carbocycles. The molecule has 0 amide bonds. The van der Waals surface area contributed by atoms with Crippen molar-refractivity contribution in [1.82, 2.24) is 0 Å². The summed E-state index contributed by atoms with van der Waals surface area (Å²) in [6.07, 6.45) is 5.59. The van der Waals surface area contributed by atoms with Crippen LogP contribution in [0.2, 0.25) is 5.02 Å². The van der Waals surface area contributed by atoms with E-state index in [1.807, 2.05) is 6.92 Å². The number of rotatable bonds is 9. The Kier molecular flexibility index (Phi) is 15.5. The molecule has 1 unspecified atom stereocenters. The molecule has 2 nitrogen and oxygen atoms in total. The second-order valence-electron chi connectivity index (χ2n) is 3.67. The van der Waals surface area contributed by atoms with Crippen molar-refractivity contribution in [2.75, 3.05) is 6.61 Å². The second kappa shape index (κ2) is 12.8. The summed E-state index contributed by atoms with van der Waals surface area (Å²) in [5, 5.41) is 1.37. The van der Waals surface area contributed by atoms with E-state index in [2.05, 4.69) is 0 Å². The average molecular weight is 331 g/mol. The third-order valence-corrected chi connectivity index (χ3v) is 3.30. The largest absolute Gasteiger partial charge is 1.00 e. The van der Waals surface area contributed by atoms with Crippen LogP contribution in [0, 0.1) is 0 Å². The third-order valence-electron chi connectivity index (χ3n) is 2.25. The summed E-state index contributed by atoms with van der Waals surface area (Å²) in [5.74, 6) is 0.275. The molecule has 0 radical (unpaired) electrons. The molecule has 0 aliphatic rings. The van der Waals surface area contributed by atoms with E-state index in [1.54, 1.807) is 6.92 Å². The SMILES string of the molecule is CCOC(CCC[CH2][Zn+])CCC(C)=O.[Br-]. The maximum absolute atomic E-state index is 10.8. The van der Waals surface area contributed by atoms with Crippen LogP contribution in [0.3, 0.4) is 0 Å². The van der Waals surface area contributed by atoms with E-state index in [-0.39, 0.29) is 22.8 Å². The standard InChI is InChI=1S/C11H21O2.BrH.Zn/c1-4-6-7-11(13-5-2)9-8-10(3)12;;/h11H,1,4-9H2,2-3H3;1H;/q;;+1/p-1. The minimum Gasteiger partial charge on any atom is -1.00 e. The zero-order chi connectivity index (χ0) is 10.8. The average Bonchev–Trinajstić information content (AvgIpc) is 2.14. The second-order valence-corrected chi connectivity index (χ2v) is 5.15. The van der Waals surface area contributed by atoms with E-state index < -0.39 is 0 Å². The molecular formula is C11H21BrO2Zn. The molecule has 86 valence electrons. The van der Waals surface area contributed by atoms with Gasteiger partial charge in [-0.25, -0.2) is 0 Å². The smallest absolute Gasteiger partial charge is 1.00 e. The van der Waals surface area contributed by atoms with Crippen LogP contribution >= 0.6 is 0 Å². The Morgan fingerprint density at radius 1 is 1.33 bits per heavy atom. The van der Waals surface area contributed by atoms with Gasteiger partial charge >= 0.3 is 97.3 Å². The fourth-order valence-electron chi connectivity index (χ4n) is 1.46. The van der Waals surface area contributed by atoms with E-state index in [1.165, 1.54) is 36.2 Å². The van der Waals surface area contributed by atoms with Gasteiger partial charge in [-0.15, -0.1) is 0 Å². The van der Waals surface area contributed by atoms with Gasteiger partial charge in [0.05, 0.1) is 0 Å². The molecular weight excluding hydrogens is 309 g/mol. The number of carbonyl (C=O) groups excluding carboxylic acids is 1. The number of ketones is 1. The predicted octanol–water partition coefficient (Wildman–Crippen LogP) is -0.0999. The molecule has 1 atom stereocenters. The number of Topliss-reactive ketones (excluding diaryl/α,β-unsaturated/α-hetero) is 1. The van der Waals surface area contributed by atoms with Crippen LogP contribution in [-0.4, -0.2) is 18.5 Å². The van der Waals surface area contributed by atoms with Crippen LogP contribution in [0.5, 0.6) is 0 Å². The maximum Gasteiger partial charge on any atom is -1.00 e. The molecule has 0 rings (SSSR count). The number of unbranched alkanes of at least 4 members (excludes halogenated alkanes) is 1. The van der Waals surface area contributed by atoms with Crippen molar-refractivity contribution in [1.29, 1.82) is 0 Å². The molecule has 0 aromatic carbocycles. The first-order valence-corrected chi connectivity index (χ1v) is 7.70. The molecule has 0 aliphatic heterocycles. The topological polar surface area (TPSA) is 26.3 Å². The Morgan fingerprint density at radius 3 is 2.47 bits per heavy atom. The Bertz CT molecular complexity index is 154. The molecule has 15 heavy (non-hydrogen) atoms. The number of hydrogen-bond acceptors (Lipinski definition) is 2. The van der Waals surface area contributed by atoms with Gasteiger partial charge in [-0.05, 0) is 0 Å². The number of hydrogen-bond donors (Lipinski definition) is 0. The van der Waals surface area contributed by atoms with Gasteiger partial charge in [0, 0.05) is 0 Å². The first kappa shape index (κ1) is 18.1. The first-order valence-electron chi connectivity index (χ1n) is 5.61. The van der Waals surface area contributed by atoms with E-state index in [4.69, 9.17) is 4.74 Å². The molecule has 4 heteroatoms. The van der Waals surface area contributed by atoms with Crippen LogP contribution in [0.4, 0.5) is 0 Å². The molecule has 0 N–H and O–H groups in total. The fourth-order valence-corrected chi connectivity index (χ4v) is 2.20. The van der Waals surface area contributed by atoms with Crippen molar-refractivity contribution < 1.29 is 44.8 Å². The normalized spacial score (nSPS) is 12.0. The summed E-state index contributed by atoms with van der Waals surface area (Å²) in [5.41, 5.74) is 0. The van der Waals surface area contributed by atoms with Crippen LogP contribution in [0.1, 0.15) is 46.0 Å². The molecule has 0 spiro atoms. The first-order chi connectivity index (χ1) is 6.70. The van der Waals surface area contributed by atoms with Gasteiger partial charge in [-0.3, -0.25) is 0 Å². The van der Waals surface area contributed by atoms with Crippen LogP contribution in [0.25, 0.3) is 0 Å². The van der Waals surface area contributed by atoms with Crippen LogP contribution < -0.4 is 17.0 Å². The van der Waals surface area contributed by atoms with Gasteiger partial charge in [0.2, 0.25) is 0 Å². The van der Waals surface area contributed by atoms with Crippen LogP contribution in [-0.2, 0) is 27.8 Å². The molecule has 0 aromatic heterocycles. The van der Waals surface area contributed by atoms with Crippen molar-refractivity contribution in [2.45, 2.75) is 57.1 Å². The van der Waals surface area contributed by atoms with E-state index >= 15 is 0 Å². The zero-order valence-corrected chi connectivity index (χ0v) is 14.5. The minimum absolute atomic E-state index is 0. The summed E-state index contributed by atoms with van der Waals surface area (Å²) in [6.45, 7) is 4.44. The van der Waals surface area contributed by atoms with Crippen LogP contribution in [0.15, 0.2) is 0 Å². The molecule has 0 bridgehead atoms. The fraction of sp³-hybridized carbons (Fsp3) is 0.909. The molecule has 0 aromatic rings. The Morgan fingerprint density at radius 2 is 2.00 bits per heavy atom. The summed E-state index contributed by atoms with van der Waals surface area (Å²) < 4.78 is 5.60.